The number of carbonyl (C=O) groups excluding carboxylic acids is 1. The van der Waals surface area contributed by atoms with Crippen molar-refractivity contribution in [2.45, 2.75) is 38.1 Å². The lowest BCUT2D eigenvalue weighted by Crippen LogP contribution is -2.54. The summed E-state index contributed by atoms with van der Waals surface area (Å²) in [6, 6.07) is 5.66. The Morgan fingerprint density at radius 1 is 1.60 bits per heavy atom. The zero-order valence-electron chi connectivity index (χ0n) is 11.5. The van der Waals surface area contributed by atoms with E-state index >= 15 is 0 Å². The largest absolute Gasteiger partial charge is 0.394 e. The average Bonchev–Trinajstić information content (AvgIpc) is 2.41. The second kappa shape index (κ2) is 6.75. The molecule has 2 atom stereocenters. The molecule has 1 saturated carbocycles. The molecule has 1 fully saturated rings. The van der Waals surface area contributed by atoms with Gasteiger partial charge in [0.2, 0.25) is 0 Å². The van der Waals surface area contributed by atoms with Gasteiger partial charge in [-0.05, 0) is 59.5 Å². The van der Waals surface area contributed by atoms with E-state index in [1.54, 1.807) is 0 Å². The Hall–Kier alpha value is -0.140. The Bertz CT molecular complexity index is 509. The summed E-state index contributed by atoms with van der Waals surface area (Å²) in [6.45, 7) is 2.19. The number of benzene rings is 1. The number of carbonyl (C=O) groups is 1. The molecule has 1 amide bonds. The fraction of sp³-hybridized carbons (Fsp3) is 0.533. The first-order valence-electron chi connectivity index (χ1n) is 6.84. The van der Waals surface area contributed by atoms with Crippen molar-refractivity contribution in [3.05, 3.63) is 31.8 Å². The van der Waals surface area contributed by atoms with Gasteiger partial charge in [0, 0.05) is 8.04 Å². The molecule has 0 radical (unpaired) electrons. The predicted octanol–water partition coefficient (Wildman–Crippen LogP) is 3.72. The Morgan fingerprint density at radius 2 is 2.35 bits per heavy atom. The van der Waals surface area contributed by atoms with Crippen molar-refractivity contribution in [1.29, 1.82) is 0 Å². The summed E-state index contributed by atoms with van der Waals surface area (Å²) in [5.41, 5.74) is 0.200. The first kappa shape index (κ1) is 16.2. The molecule has 0 heterocycles. The third-order valence-electron chi connectivity index (χ3n) is 3.95. The van der Waals surface area contributed by atoms with Gasteiger partial charge in [-0.2, -0.15) is 0 Å². The van der Waals surface area contributed by atoms with Crippen molar-refractivity contribution in [3.8, 4) is 0 Å². The number of nitrogens with one attached hydrogen (secondary N) is 1. The minimum Gasteiger partial charge on any atom is -0.394 e. The Kier molecular flexibility index (Phi) is 5.48. The Morgan fingerprint density at radius 3 is 3.00 bits per heavy atom. The van der Waals surface area contributed by atoms with Gasteiger partial charge >= 0.3 is 0 Å². The minimum atomic E-state index is -0.458. The average molecular weight is 452 g/mol. The maximum absolute atomic E-state index is 12.5. The zero-order valence-corrected chi connectivity index (χ0v) is 15.2. The summed E-state index contributed by atoms with van der Waals surface area (Å²) in [5.74, 6) is 0.441. The van der Waals surface area contributed by atoms with E-state index in [0.29, 0.717) is 11.5 Å². The molecule has 5 heteroatoms. The van der Waals surface area contributed by atoms with E-state index in [0.717, 1.165) is 27.3 Å². The van der Waals surface area contributed by atoms with E-state index < -0.39 is 5.54 Å². The molecule has 2 rings (SSSR count). The highest BCUT2D eigenvalue weighted by atomic mass is 127. The zero-order chi connectivity index (χ0) is 14.8. The van der Waals surface area contributed by atoms with E-state index in [1.807, 2.05) is 18.2 Å². The number of aliphatic hydroxyl groups excluding tert-OH is 1. The number of hydrogen-bond donors (Lipinski definition) is 2. The molecule has 3 nitrogen and oxygen atoms in total. The number of aliphatic hydroxyl groups is 1. The molecule has 0 saturated heterocycles. The maximum atomic E-state index is 12.5. The van der Waals surface area contributed by atoms with Crippen LogP contribution in [0.5, 0.6) is 0 Å². The molecule has 0 aromatic heterocycles. The molecule has 0 bridgehead atoms. The van der Waals surface area contributed by atoms with E-state index in [2.05, 4.69) is 50.8 Å². The van der Waals surface area contributed by atoms with Gasteiger partial charge in [0.25, 0.3) is 5.91 Å². The van der Waals surface area contributed by atoms with Crippen LogP contribution in [-0.4, -0.2) is 23.2 Å². The molecule has 20 heavy (non-hydrogen) atoms. The van der Waals surface area contributed by atoms with E-state index in [1.165, 1.54) is 6.42 Å². The van der Waals surface area contributed by atoms with Crippen LogP contribution in [0, 0.1) is 9.49 Å². The fourth-order valence-electron chi connectivity index (χ4n) is 2.94. The normalized spacial score (nSPS) is 26.3. The van der Waals surface area contributed by atoms with Crippen LogP contribution >= 0.6 is 38.5 Å². The van der Waals surface area contributed by atoms with Gasteiger partial charge in [-0.15, -0.1) is 0 Å². The smallest absolute Gasteiger partial charge is 0.252 e. The number of hydrogen-bond acceptors (Lipinski definition) is 2. The lowest BCUT2D eigenvalue weighted by Gasteiger charge is -2.39. The second-order valence-corrected chi connectivity index (χ2v) is 7.80. The summed E-state index contributed by atoms with van der Waals surface area (Å²) in [5, 5.41) is 12.8. The van der Waals surface area contributed by atoms with Crippen LogP contribution in [0.25, 0.3) is 0 Å². The summed E-state index contributed by atoms with van der Waals surface area (Å²) in [4.78, 5) is 12.5. The second-order valence-electron chi connectivity index (χ2n) is 5.72. The number of rotatable bonds is 3. The molecule has 110 valence electrons. The van der Waals surface area contributed by atoms with Gasteiger partial charge in [0.15, 0.2) is 0 Å². The molecule has 1 aromatic carbocycles. The third-order valence-corrected chi connectivity index (χ3v) is 5.38. The minimum absolute atomic E-state index is 0.00760. The highest BCUT2D eigenvalue weighted by Gasteiger charge is 2.36. The van der Waals surface area contributed by atoms with Crippen LogP contribution in [0.3, 0.4) is 0 Å². The quantitative estimate of drug-likeness (QED) is 0.688. The molecular weight excluding hydrogens is 433 g/mol. The number of halogens is 2. The topological polar surface area (TPSA) is 49.3 Å². The maximum Gasteiger partial charge on any atom is 0.252 e. The summed E-state index contributed by atoms with van der Waals surface area (Å²) in [6.07, 6.45) is 3.92. The first-order valence-corrected chi connectivity index (χ1v) is 8.71. The number of amides is 1. The van der Waals surface area contributed by atoms with Crippen molar-refractivity contribution in [1.82, 2.24) is 5.32 Å². The van der Waals surface area contributed by atoms with Crippen molar-refractivity contribution >= 4 is 44.4 Å². The molecule has 1 aromatic rings. The van der Waals surface area contributed by atoms with Crippen molar-refractivity contribution in [3.63, 3.8) is 0 Å². The molecule has 2 N–H and O–H groups in total. The predicted molar refractivity (Wildman–Crippen MR) is 91.8 cm³/mol. The van der Waals surface area contributed by atoms with Gasteiger partial charge in [-0.1, -0.05) is 35.7 Å². The highest BCUT2D eigenvalue weighted by molar-refractivity contribution is 14.1. The van der Waals surface area contributed by atoms with Gasteiger partial charge < -0.3 is 10.4 Å². The van der Waals surface area contributed by atoms with Gasteiger partial charge in [0.05, 0.1) is 17.7 Å². The molecule has 1 aliphatic carbocycles. The van der Waals surface area contributed by atoms with Crippen LogP contribution < -0.4 is 5.32 Å². The lowest BCUT2D eigenvalue weighted by atomic mass is 9.76. The lowest BCUT2D eigenvalue weighted by molar-refractivity contribution is 0.0696. The summed E-state index contributed by atoms with van der Waals surface area (Å²) in [7, 11) is 0. The summed E-state index contributed by atoms with van der Waals surface area (Å²) < 4.78 is 1.80. The monoisotopic (exact) mass is 451 g/mol. The van der Waals surface area contributed by atoms with Crippen molar-refractivity contribution in [2.75, 3.05) is 6.61 Å². The van der Waals surface area contributed by atoms with Crippen LogP contribution in [0.2, 0.25) is 0 Å². The summed E-state index contributed by atoms with van der Waals surface area (Å²) >= 11 is 5.56. The van der Waals surface area contributed by atoms with E-state index in [9.17, 15) is 9.90 Å². The molecule has 1 aliphatic rings. The highest BCUT2D eigenvalue weighted by Crippen LogP contribution is 2.32. The van der Waals surface area contributed by atoms with Gasteiger partial charge in [-0.25, -0.2) is 0 Å². The van der Waals surface area contributed by atoms with Gasteiger partial charge in [0.1, 0.15) is 0 Å². The van der Waals surface area contributed by atoms with Crippen LogP contribution in [0.4, 0.5) is 0 Å². The SMILES string of the molecule is CC1CCCC(CO)(NC(=O)c2cc(Br)ccc2I)C1. The van der Waals surface area contributed by atoms with Crippen LogP contribution in [-0.2, 0) is 0 Å². The third kappa shape index (κ3) is 3.74. The fourth-order valence-corrected chi connectivity index (χ4v) is 3.88. The molecular formula is C15H19BrINO2. The Balaban J connectivity index is 2.19. The molecule has 2 unspecified atom stereocenters. The first-order chi connectivity index (χ1) is 9.46. The van der Waals surface area contributed by atoms with E-state index in [-0.39, 0.29) is 12.5 Å². The molecule has 0 spiro atoms. The van der Waals surface area contributed by atoms with Gasteiger partial charge in [-0.3, -0.25) is 4.79 Å². The Labute approximate surface area is 141 Å². The standard InChI is InChI=1S/C15H19BrINO2/c1-10-3-2-6-15(8-10,9-19)18-14(20)12-7-11(16)4-5-13(12)17/h4-5,7,10,19H,2-3,6,8-9H2,1H3,(H,18,20). The van der Waals surface area contributed by atoms with Crippen LogP contribution in [0.1, 0.15) is 43.0 Å². The van der Waals surface area contributed by atoms with Crippen LogP contribution in [0.15, 0.2) is 22.7 Å². The van der Waals surface area contributed by atoms with Crippen molar-refractivity contribution in [2.24, 2.45) is 5.92 Å². The van der Waals surface area contributed by atoms with Crippen molar-refractivity contribution < 1.29 is 9.90 Å². The van der Waals surface area contributed by atoms with E-state index in [4.69, 9.17) is 0 Å². The molecule has 0 aliphatic heterocycles.